The van der Waals surface area contributed by atoms with Crippen molar-refractivity contribution in [3.8, 4) is 0 Å². The Hall–Kier alpha value is -0.690. The minimum atomic E-state index is 0.0809. The molecule has 0 aromatic carbocycles. The summed E-state index contributed by atoms with van der Waals surface area (Å²) < 4.78 is 11.5. The predicted molar refractivity (Wildman–Crippen MR) is 84.6 cm³/mol. The number of nitrogens with two attached hydrogens (primary N) is 1. The lowest BCUT2D eigenvalue weighted by atomic mass is 9.84. The molecule has 1 aromatic rings. The second-order valence-corrected chi connectivity index (χ2v) is 6.96. The van der Waals surface area contributed by atoms with Crippen LogP contribution in [-0.2, 0) is 15.9 Å². The lowest BCUT2D eigenvalue weighted by Gasteiger charge is -2.43. The van der Waals surface area contributed by atoms with Crippen LogP contribution in [0.3, 0.4) is 0 Å². The van der Waals surface area contributed by atoms with Crippen molar-refractivity contribution in [2.45, 2.75) is 50.2 Å². The molecule has 2 aliphatic rings. The van der Waals surface area contributed by atoms with Gasteiger partial charge in [0.05, 0.1) is 11.3 Å². The summed E-state index contributed by atoms with van der Waals surface area (Å²) >= 11 is 1.52. The van der Waals surface area contributed by atoms with Gasteiger partial charge in [-0.3, -0.25) is 0 Å². The molecule has 0 amide bonds. The van der Waals surface area contributed by atoms with E-state index >= 15 is 0 Å². The maximum absolute atomic E-state index is 6.07. The molecule has 3 heterocycles. The van der Waals surface area contributed by atoms with Gasteiger partial charge >= 0.3 is 0 Å². The zero-order chi connectivity index (χ0) is 14.5. The highest BCUT2D eigenvalue weighted by Gasteiger charge is 2.38. The van der Waals surface area contributed by atoms with Gasteiger partial charge < -0.3 is 20.5 Å². The minimum absolute atomic E-state index is 0.0809. The Morgan fingerprint density at radius 3 is 3.00 bits per heavy atom. The number of hydrogen-bond acceptors (Lipinski definition) is 6. The number of aromatic nitrogens is 1. The van der Waals surface area contributed by atoms with E-state index in [1.807, 2.05) is 0 Å². The van der Waals surface area contributed by atoms with Gasteiger partial charge in [0.25, 0.3) is 0 Å². The minimum Gasteiger partial charge on any atom is -0.381 e. The molecule has 3 rings (SSSR count). The molecule has 2 saturated heterocycles. The Balaban J connectivity index is 1.38. The maximum atomic E-state index is 6.07. The Morgan fingerprint density at radius 1 is 1.38 bits per heavy atom. The highest BCUT2D eigenvalue weighted by molar-refractivity contribution is 7.13. The maximum Gasteiger partial charge on any atom is 0.180 e. The van der Waals surface area contributed by atoms with Crippen LogP contribution >= 0.6 is 11.3 Å². The number of nitrogen functional groups attached to an aromatic ring is 1. The monoisotopic (exact) mass is 311 g/mol. The lowest BCUT2D eigenvalue weighted by molar-refractivity contribution is -0.140. The second kappa shape index (κ2) is 7.05. The highest BCUT2D eigenvalue weighted by Crippen LogP contribution is 2.34. The molecule has 118 valence electrons. The molecule has 6 heteroatoms. The van der Waals surface area contributed by atoms with Crippen LogP contribution in [0.2, 0.25) is 0 Å². The topological polar surface area (TPSA) is 69.4 Å². The second-order valence-electron chi connectivity index (χ2n) is 6.07. The van der Waals surface area contributed by atoms with E-state index in [9.17, 15) is 0 Å². The van der Waals surface area contributed by atoms with Gasteiger partial charge in [0.2, 0.25) is 0 Å². The number of nitrogens with one attached hydrogen (secondary N) is 1. The van der Waals surface area contributed by atoms with Crippen molar-refractivity contribution < 1.29 is 9.47 Å². The summed E-state index contributed by atoms with van der Waals surface area (Å²) in [5.74, 6) is 0. The molecule has 0 radical (unpaired) electrons. The van der Waals surface area contributed by atoms with E-state index in [1.54, 1.807) is 0 Å². The Morgan fingerprint density at radius 2 is 2.24 bits per heavy atom. The van der Waals surface area contributed by atoms with Crippen molar-refractivity contribution in [2.75, 3.05) is 32.1 Å². The summed E-state index contributed by atoms with van der Waals surface area (Å²) in [6.07, 6.45) is 6.44. The van der Waals surface area contributed by atoms with Gasteiger partial charge in [0.1, 0.15) is 0 Å². The van der Waals surface area contributed by atoms with Gasteiger partial charge in [-0.2, -0.15) is 0 Å². The van der Waals surface area contributed by atoms with Crippen LogP contribution in [-0.4, -0.2) is 43.0 Å². The lowest BCUT2D eigenvalue weighted by Crippen LogP contribution is -2.50. The summed E-state index contributed by atoms with van der Waals surface area (Å²) in [7, 11) is 0. The van der Waals surface area contributed by atoms with E-state index in [4.69, 9.17) is 15.2 Å². The summed E-state index contributed by atoms with van der Waals surface area (Å²) in [6.45, 7) is 3.60. The van der Waals surface area contributed by atoms with Crippen LogP contribution in [0.5, 0.6) is 0 Å². The smallest absolute Gasteiger partial charge is 0.180 e. The van der Waals surface area contributed by atoms with E-state index in [1.165, 1.54) is 11.3 Å². The summed E-state index contributed by atoms with van der Waals surface area (Å²) in [6, 6.07) is 0.581. The van der Waals surface area contributed by atoms with Crippen molar-refractivity contribution in [3.05, 3.63) is 11.1 Å². The average Bonchev–Trinajstić information content (AvgIpc) is 2.90. The molecule has 1 aromatic heterocycles. The first kappa shape index (κ1) is 15.2. The standard InChI is InChI=1S/C15H25N3O2S/c16-14-18-13(11-21-14)2-1-6-17-12-3-7-20-15(10-12)4-8-19-9-5-15/h11-12,17H,1-10H2,(H2,16,18)/t12-/m1/s1. The van der Waals surface area contributed by atoms with Crippen molar-refractivity contribution in [1.82, 2.24) is 10.3 Å². The molecule has 5 nitrogen and oxygen atoms in total. The molecule has 0 aliphatic carbocycles. The third-order valence-corrected chi connectivity index (χ3v) is 5.23. The molecular weight excluding hydrogens is 286 g/mol. The summed E-state index contributed by atoms with van der Waals surface area (Å²) in [4.78, 5) is 4.30. The van der Waals surface area contributed by atoms with Crippen molar-refractivity contribution in [3.63, 3.8) is 0 Å². The zero-order valence-corrected chi connectivity index (χ0v) is 13.3. The Kier molecular flexibility index (Phi) is 5.11. The fourth-order valence-corrected chi connectivity index (χ4v) is 3.90. The number of rotatable bonds is 5. The SMILES string of the molecule is Nc1nc(CCCN[C@@H]2CCOC3(CCOCC3)C2)cs1. The number of anilines is 1. The van der Waals surface area contributed by atoms with Crippen molar-refractivity contribution >= 4 is 16.5 Å². The van der Waals surface area contributed by atoms with E-state index in [2.05, 4.69) is 15.7 Å². The molecule has 1 spiro atoms. The number of thiazole rings is 1. The average molecular weight is 311 g/mol. The van der Waals surface area contributed by atoms with Gasteiger partial charge in [-0.25, -0.2) is 4.98 Å². The first-order valence-corrected chi connectivity index (χ1v) is 8.79. The third-order valence-electron chi connectivity index (χ3n) is 4.51. The van der Waals surface area contributed by atoms with Crippen molar-refractivity contribution in [2.24, 2.45) is 0 Å². The largest absolute Gasteiger partial charge is 0.381 e. The van der Waals surface area contributed by atoms with Crippen LogP contribution in [0.25, 0.3) is 0 Å². The van der Waals surface area contributed by atoms with E-state index in [0.29, 0.717) is 11.2 Å². The predicted octanol–water partition coefficient (Wildman–Crippen LogP) is 1.98. The van der Waals surface area contributed by atoms with Crippen LogP contribution in [0.4, 0.5) is 5.13 Å². The quantitative estimate of drug-likeness (QED) is 0.814. The van der Waals surface area contributed by atoms with Crippen LogP contribution in [0.1, 0.15) is 37.8 Å². The van der Waals surface area contributed by atoms with Crippen LogP contribution in [0.15, 0.2) is 5.38 Å². The highest BCUT2D eigenvalue weighted by atomic mass is 32.1. The van der Waals surface area contributed by atoms with E-state index < -0.39 is 0 Å². The fraction of sp³-hybridized carbons (Fsp3) is 0.800. The first-order chi connectivity index (χ1) is 10.3. The number of aryl methyl sites for hydroxylation is 1. The van der Waals surface area contributed by atoms with Gasteiger partial charge in [0, 0.05) is 31.2 Å². The molecule has 0 saturated carbocycles. The van der Waals surface area contributed by atoms with Crippen molar-refractivity contribution in [1.29, 1.82) is 0 Å². The van der Waals surface area contributed by atoms with E-state index in [-0.39, 0.29) is 5.60 Å². The van der Waals surface area contributed by atoms with Crippen LogP contribution < -0.4 is 11.1 Å². The summed E-state index contributed by atoms with van der Waals surface area (Å²) in [5.41, 5.74) is 6.85. The Bertz CT molecular complexity index is 440. The molecular formula is C15H25N3O2S. The normalized spacial score (nSPS) is 25.2. The number of hydrogen-bond donors (Lipinski definition) is 2. The number of ether oxygens (including phenoxy) is 2. The molecule has 0 unspecified atom stereocenters. The van der Waals surface area contributed by atoms with Crippen LogP contribution in [0, 0.1) is 0 Å². The molecule has 21 heavy (non-hydrogen) atoms. The molecule has 2 aliphatic heterocycles. The third kappa shape index (κ3) is 4.16. The number of nitrogens with zero attached hydrogens (tertiary/aromatic N) is 1. The van der Waals surface area contributed by atoms with Gasteiger partial charge in [-0.05, 0) is 45.1 Å². The van der Waals surface area contributed by atoms with Gasteiger partial charge in [-0.1, -0.05) is 0 Å². The fourth-order valence-electron chi connectivity index (χ4n) is 3.31. The van der Waals surface area contributed by atoms with Gasteiger partial charge in [0.15, 0.2) is 5.13 Å². The molecule has 1 atom stereocenters. The first-order valence-electron chi connectivity index (χ1n) is 7.91. The zero-order valence-electron chi connectivity index (χ0n) is 12.5. The molecule has 0 bridgehead atoms. The molecule has 3 N–H and O–H groups in total. The van der Waals surface area contributed by atoms with E-state index in [0.717, 1.165) is 70.6 Å². The van der Waals surface area contributed by atoms with Gasteiger partial charge in [-0.15, -0.1) is 11.3 Å². The molecule has 2 fully saturated rings. The Labute approximate surface area is 130 Å². The summed E-state index contributed by atoms with van der Waals surface area (Å²) in [5, 5.41) is 6.42.